The molecule has 2 aromatic rings. The number of hydrogen-bond acceptors (Lipinski definition) is 4. The minimum Gasteiger partial charge on any atom is -0.356 e. The quantitative estimate of drug-likeness (QED) is 0.820. The number of benzene rings is 1. The van der Waals surface area contributed by atoms with E-state index in [-0.39, 0.29) is 29.8 Å². The van der Waals surface area contributed by atoms with E-state index in [1.54, 1.807) is 0 Å². The van der Waals surface area contributed by atoms with Gasteiger partial charge in [-0.1, -0.05) is 11.6 Å². The van der Waals surface area contributed by atoms with Crippen LogP contribution < -0.4 is 9.62 Å². The van der Waals surface area contributed by atoms with Gasteiger partial charge in [0.1, 0.15) is 5.82 Å². The summed E-state index contributed by atoms with van der Waals surface area (Å²) in [6.45, 7) is 0.543. The minimum absolute atomic E-state index is 0.0958. The van der Waals surface area contributed by atoms with Gasteiger partial charge in [-0.2, -0.15) is 13.2 Å². The SMILES string of the molecule is O=S(=O)(NC1CCN(c2ncccc2C(F)(F)F)CC1)c1ccc(Cl)cc1. The molecule has 1 aliphatic rings. The summed E-state index contributed by atoms with van der Waals surface area (Å²) in [5.74, 6) is -0.121. The largest absolute Gasteiger partial charge is 0.419 e. The van der Waals surface area contributed by atoms with Crippen LogP contribution in [0.25, 0.3) is 0 Å². The van der Waals surface area contributed by atoms with Crippen molar-refractivity contribution >= 4 is 27.4 Å². The summed E-state index contributed by atoms with van der Waals surface area (Å²) < 4.78 is 66.9. The molecule has 0 unspecified atom stereocenters. The Kier molecular flexibility index (Phi) is 5.64. The van der Waals surface area contributed by atoms with Gasteiger partial charge in [-0.15, -0.1) is 0 Å². The van der Waals surface area contributed by atoms with E-state index in [4.69, 9.17) is 11.6 Å². The Hall–Kier alpha value is -1.84. The van der Waals surface area contributed by atoms with Crippen LogP contribution in [0.4, 0.5) is 19.0 Å². The Balaban J connectivity index is 1.67. The maximum atomic E-state index is 13.2. The van der Waals surface area contributed by atoms with Crippen molar-refractivity contribution in [3.63, 3.8) is 0 Å². The number of halogens is 4. The molecule has 27 heavy (non-hydrogen) atoms. The van der Waals surface area contributed by atoms with E-state index in [0.717, 1.165) is 6.07 Å². The number of piperidine rings is 1. The minimum atomic E-state index is -4.49. The topological polar surface area (TPSA) is 62.3 Å². The highest BCUT2D eigenvalue weighted by molar-refractivity contribution is 7.89. The van der Waals surface area contributed by atoms with E-state index in [0.29, 0.717) is 17.9 Å². The first-order chi connectivity index (χ1) is 12.7. The molecule has 2 heterocycles. The lowest BCUT2D eigenvalue weighted by Gasteiger charge is -2.34. The molecule has 0 aliphatic carbocycles. The lowest BCUT2D eigenvalue weighted by molar-refractivity contribution is -0.137. The molecule has 0 bridgehead atoms. The van der Waals surface area contributed by atoms with Crippen LogP contribution in [-0.4, -0.2) is 32.5 Å². The van der Waals surface area contributed by atoms with Gasteiger partial charge in [-0.3, -0.25) is 0 Å². The molecule has 0 radical (unpaired) electrons. The molecular formula is C17H17ClF3N3O2S. The Morgan fingerprint density at radius 3 is 2.33 bits per heavy atom. The van der Waals surface area contributed by atoms with Crippen LogP contribution in [0.3, 0.4) is 0 Å². The summed E-state index contributed by atoms with van der Waals surface area (Å²) >= 11 is 5.77. The summed E-state index contributed by atoms with van der Waals surface area (Å²) in [6.07, 6.45) is -2.42. The van der Waals surface area contributed by atoms with Crippen molar-refractivity contribution in [2.75, 3.05) is 18.0 Å². The fourth-order valence-corrected chi connectivity index (χ4v) is 4.41. The normalized spacial score (nSPS) is 16.5. The zero-order valence-electron chi connectivity index (χ0n) is 14.1. The summed E-state index contributed by atoms with van der Waals surface area (Å²) in [6, 6.07) is 7.67. The second-order valence-corrected chi connectivity index (χ2v) is 8.36. The molecule has 1 aliphatic heterocycles. The number of nitrogens with zero attached hydrogens (tertiary/aromatic N) is 2. The zero-order chi connectivity index (χ0) is 19.7. The van der Waals surface area contributed by atoms with E-state index >= 15 is 0 Å². The fraction of sp³-hybridized carbons (Fsp3) is 0.353. The van der Waals surface area contributed by atoms with E-state index in [1.807, 2.05) is 0 Å². The van der Waals surface area contributed by atoms with E-state index < -0.39 is 21.8 Å². The third-order valence-corrected chi connectivity index (χ3v) is 6.12. The molecule has 1 N–H and O–H groups in total. The average Bonchev–Trinajstić information content (AvgIpc) is 2.62. The molecule has 146 valence electrons. The number of anilines is 1. The van der Waals surface area contributed by atoms with Gasteiger partial charge >= 0.3 is 6.18 Å². The lowest BCUT2D eigenvalue weighted by Crippen LogP contribution is -2.45. The van der Waals surface area contributed by atoms with Crippen molar-refractivity contribution in [3.8, 4) is 0 Å². The van der Waals surface area contributed by atoms with E-state index in [1.165, 1.54) is 41.4 Å². The first-order valence-corrected chi connectivity index (χ1v) is 10.1. The van der Waals surface area contributed by atoms with Gasteiger partial charge in [0, 0.05) is 30.4 Å². The van der Waals surface area contributed by atoms with Crippen LogP contribution in [0.2, 0.25) is 5.02 Å². The Bertz CT molecular complexity index is 896. The molecule has 0 atom stereocenters. The van der Waals surface area contributed by atoms with Crippen LogP contribution in [0.5, 0.6) is 0 Å². The van der Waals surface area contributed by atoms with Crippen molar-refractivity contribution in [2.45, 2.75) is 30.0 Å². The molecule has 1 aromatic heterocycles. The summed E-state index contributed by atoms with van der Waals surface area (Å²) in [5, 5.41) is 0.429. The van der Waals surface area contributed by atoms with Gasteiger partial charge in [-0.25, -0.2) is 18.1 Å². The summed E-state index contributed by atoms with van der Waals surface area (Å²) in [4.78, 5) is 5.51. The van der Waals surface area contributed by atoms with Crippen LogP contribution in [0.1, 0.15) is 18.4 Å². The van der Waals surface area contributed by atoms with Crippen LogP contribution in [0.15, 0.2) is 47.5 Å². The molecule has 3 rings (SSSR count). The molecule has 10 heteroatoms. The number of rotatable bonds is 4. The molecule has 0 spiro atoms. The number of sulfonamides is 1. The van der Waals surface area contributed by atoms with E-state index in [9.17, 15) is 21.6 Å². The third kappa shape index (κ3) is 4.72. The fourth-order valence-electron chi connectivity index (χ4n) is 2.98. The second kappa shape index (κ2) is 7.65. The van der Waals surface area contributed by atoms with E-state index in [2.05, 4.69) is 9.71 Å². The first-order valence-electron chi connectivity index (χ1n) is 8.22. The van der Waals surface area contributed by atoms with Crippen molar-refractivity contribution in [1.82, 2.24) is 9.71 Å². The molecule has 5 nitrogen and oxygen atoms in total. The molecule has 1 saturated heterocycles. The van der Waals surface area contributed by atoms with Gasteiger partial charge in [0.2, 0.25) is 10.0 Å². The zero-order valence-corrected chi connectivity index (χ0v) is 15.7. The molecule has 1 aromatic carbocycles. The van der Waals surface area contributed by atoms with Gasteiger partial charge in [0.15, 0.2) is 0 Å². The highest BCUT2D eigenvalue weighted by Gasteiger charge is 2.36. The van der Waals surface area contributed by atoms with Gasteiger partial charge in [0.25, 0.3) is 0 Å². The number of pyridine rings is 1. The smallest absolute Gasteiger partial charge is 0.356 e. The maximum absolute atomic E-state index is 13.2. The van der Waals surface area contributed by atoms with Crippen molar-refractivity contribution < 1.29 is 21.6 Å². The van der Waals surface area contributed by atoms with Crippen LogP contribution >= 0.6 is 11.6 Å². The van der Waals surface area contributed by atoms with Crippen molar-refractivity contribution in [1.29, 1.82) is 0 Å². The molecule has 0 saturated carbocycles. The highest BCUT2D eigenvalue weighted by Crippen LogP contribution is 2.36. The molecular weight excluding hydrogens is 403 g/mol. The van der Waals surface area contributed by atoms with Crippen LogP contribution in [-0.2, 0) is 16.2 Å². The third-order valence-electron chi connectivity index (χ3n) is 4.33. The standard InChI is InChI=1S/C17H17ClF3N3O2S/c18-12-3-5-14(6-4-12)27(25,26)23-13-7-10-24(11-8-13)16-15(17(19,20)21)2-1-9-22-16/h1-6,9,13,23H,7-8,10-11H2. The Morgan fingerprint density at radius 1 is 1.11 bits per heavy atom. The maximum Gasteiger partial charge on any atom is 0.419 e. The summed E-state index contributed by atoms with van der Waals surface area (Å²) in [5.41, 5.74) is -0.787. The van der Waals surface area contributed by atoms with Gasteiger partial charge < -0.3 is 4.90 Å². The Labute approximate surface area is 160 Å². The van der Waals surface area contributed by atoms with Crippen molar-refractivity contribution in [3.05, 3.63) is 53.2 Å². The lowest BCUT2D eigenvalue weighted by atomic mass is 10.1. The highest BCUT2D eigenvalue weighted by atomic mass is 35.5. The second-order valence-electron chi connectivity index (χ2n) is 6.21. The van der Waals surface area contributed by atoms with Gasteiger partial charge in [0.05, 0.1) is 10.5 Å². The van der Waals surface area contributed by atoms with Crippen LogP contribution in [0, 0.1) is 0 Å². The number of nitrogens with one attached hydrogen (secondary N) is 1. The number of aromatic nitrogens is 1. The molecule has 1 fully saturated rings. The number of alkyl halides is 3. The predicted molar refractivity (Wildman–Crippen MR) is 96.2 cm³/mol. The predicted octanol–water partition coefficient (Wildman–Crippen LogP) is 3.70. The monoisotopic (exact) mass is 419 g/mol. The first kappa shape index (κ1) is 19.9. The summed E-state index contributed by atoms with van der Waals surface area (Å²) in [7, 11) is -3.71. The average molecular weight is 420 g/mol. The number of hydrogen-bond donors (Lipinski definition) is 1. The molecule has 0 amide bonds. The van der Waals surface area contributed by atoms with Crippen molar-refractivity contribution in [2.24, 2.45) is 0 Å². The Morgan fingerprint density at radius 2 is 1.74 bits per heavy atom. The van der Waals surface area contributed by atoms with Gasteiger partial charge in [-0.05, 0) is 49.2 Å².